The molecular weight excluding hydrogens is 323 g/mol. The second kappa shape index (κ2) is 4.35. The summed E-state index contributed by atoms with van der Waals surface area (Å²) in [6.07, 6.45) is 4.59. The van der Waals surface area contributed by atoms with Gasteiger partial charge in [-0.25, -0.2) is 0 Å². The van der Waals surface area contributed by atoms with E-state index < -0.39 is 0 Å². The van der Waals surface area contributed by atoms with Gasteiger partial charge in [-0.1, -0.05) is 0 Å². The molecule has 0 radical (unpaired) electrons. The summed E-state index contributed by atoms with van der Waals surface area (Å²) in [6, 6.07) is 0. The van der Waals surface area contributed by atoms with Gasteiger partial charge in [-0.2, -0.15) is 0 Å². The van der Waals surface area contributed by atoms with Gasteiger partial charge in [0.15, 0.2) is 0 Å². The summed E-state index contributed by atoms with van der Waals surface area (Å²) in [5.41, 5.74) is 0. The average Bonchev–Trinajstić information content (AvgIpc) is 2.93. The van der Waals surface area contributed by atoms with Crippen molar-refractivity contribution in [3.63, 3.8) is 0 Å². The maximum atomic E-state index is 6.10. The molecule has 3 aliphatic rings. The van der Waals surface area contributed by atoms with Crippen molar-refractivity contribution in [2.75, 3.05) is 19.8 Å². The number of halogens is 1. The van der Waals surface area contributed by atoms with Crippen molar-refractivity contribution >= 4 is 0 Å². The maximum absolute atomic E-state index is 6.10. The van der Waals surface area contributed by atoms with Gasteiger partial charge in [0.25, 0.3) is 0 Å². The molecule has 1 spiro atoms. The minimum absolute atomic E-state index is 0.236. The number of hydrogen-bond acceptors (Lipinski definition) is 4. The molecule has 16 heavy (non-hydrogen) atoms. The van der Waals surface area contributed by atoms with Crippen molar-refractivity contribution in [2.45, 2.75) is 46.3 Å². The average molecular weight is 341 g/mol. The van der Waals surface area contributed by atoms with E-state index in [1.165, 1.54) is 12.8 Å². The first-order valence-electron chi connectivity index (χ1n) is 5.94. The molecule has 2 heterocycles. The van der Waals surface area contributed by atoms with E-state index in [2.05, 4.69) is 0 Å². The van der Waals surface area contributed by atoms with Crippen LogP contribution in [0, 0.1) is 0 Å². The third kappa shape index (κ3) is 2.25. The Hall–Kier alpha value is 0.570. The quantitative estimate of drug-likeness (QED) is 0.450. The molecule has 5 heteroatoms. The molecule has 0 N–H and O–H groups in total. The van der Waals surface area contributed by atoms with Crippen molar-refractivity contribution in [2.24, 2.45) is 0 Å². The van der Waals surface area contributed by atoms with Crippen LogP contribution in [0.1, 0.15) is 32.6 Å². The van der Waals surface area contributed by atoms with Crippen LogP contribution in [0.15, 0.2) is 0 Å². The van der Waals surface area contributed by atoms with Gasteiger partial charge < -0.3 is 0 Å². The summed E-state index contributed by atoms with van der Waals surface area (Å²) < 4.78 is 23.1. The third-order valence-corrected chi connectivity index (χ3v) is 6.37. The Bertz CT molecular complexity index is 259. The summed E-state index contributed by atoms with van der Waals surface area (Å²) in [5.74, 6) is -0.237. The predicted octanol–water partition coefficient (Wildman–Crippen LogP) is -1.56. The molecule has 1 aliphatic carbocycles. The zero-order chi connectivity index (χ0) is 11.1. The number of alkyl halides is 2. The van der Waals surface area contributed by atoms with Gasteiger partial charge in [-0.15, -0.1) is 0 Å². The fraction of sp³-hybridized carbons (Fsp3) is 1.00. The van der Waals surface area contributed by atoms with E-state index in [-0.39, 0.29) is 34.9 Å². The molecule has 1 saturated carbocycles. The second-order valence-electron chi connectivity index (χ2n) is 4.60. The molecule has 3 fully saturated rings. The van der Waals surface area contributed by atoms with Gasteiger partial charge in [0.2, 0.25) is 0 Å². The zero-order valence-corrected chi connectivity index (χ0v) is 11.7. The Morgan fingerprint density at radius 3 is 2.44 bits per heavy atom. The van der Waals surface area contributed by atoms with Gasteiger partial charge >= 0.3 is 106 Å². The molecule has 0 aromatic rings. The fourth-order valence-electron chi connectivity index (χ4n) is 2.52. The van der Waals surface area contributed by atoms with Gasteiger partial charge in [0.05, 0.1) is 0 Å². The molecule has 2 aliphatic heterocycles. The summed E-state index contributed by atoms with van der Waals surface area (Å²) in [5, 5.41) is 0. The Labute approximate surface area is 106 Å². The fourth-order valence-corrected chi connectivity index (χ4v) is 5.53. The first kappa shape index (κ1) is 11.6. The van der Waals surface area contributed by atoms with Crippen molar-refractivity contribution in [3.05, 3.63) is 0 Å². The van der Waals surface area contributed by atoms with E-state index in [1.807, 2.05) is 6.92 Å². The Morgan fingerprint density at radius 2 is 1.75 bits per heavy atom. The normalized spacial score (nSPS) is 36.4. The first-order valence-corrected chi connectivity index (χ1v) is 8.27. The standard InChI is InChI=1S/C11H18IO4/c1-10(13-6-7-14-10)12-9-8-15-11(16-9)4-2-3-5-11/h9H,2-8H2,1H3/q-1. The number of rotatable bonds is 2. The van der Waals surface area contributed by atoms with Crippen molar-refractivity contribution in [3.8, 4) is 0 Å². The minimum atomic E-state index is -0.350. The topological polar surface area (TPSA) is 36.9 Å². The van der Waals surface area contributed by atoms with Crippen molar-refractivity contribution in [1.82, 2.24) is 0 Å². The molecule has 0 aromatic heterocycles. The molecule has 3 rings (SSSR count). The molecule has 4 nitrogen and oxygen atoms in total. The zero-order valence-electron chi connectivity index (χ0n) is 9.54. The Morgan fingerprint density at radius 1 is 1.06 bits per heavy atom. The van der Waals surface area contributed by atoms with Crippen LogP contribution in [-0.2, 0) is 18.9 Å². The Balaban J connectivity index is 1.57. The van der Waals surface area contributed by atoms with Crippen LogP contribution < -0.4 is 21.2 Å². The van der Waals surface area contributed by atoms with Crippen LogP contribution in [-0.4, -0.2) is 33.5 Å². The molecule has 0 amide bonds. The van der Waals surface area contributed by atoms with Crippen LogP contribution in [0.2, 0.25) is 0 Å². The van der Waals surface area contributed by atoms with Crippen LogP contribution in [0.4, 0.5) is 0 Å². The van der Waals surface area contributed by atoms with Gasteiger partial charge in [-0.3, -0.25) is 0 Å². The molecule has 1 unspecified atom stereocenters. The molecule has 94 valence electrons. The van der Waals surface area contributed by atoms with E-state index in [9.17, 15) is 0 Å². The van der Waals surface area contributed by atoms with Gasteiger partial charge in [0.1, 0.15) is 0 Å². The summed E-state index contributed by atoms with van der Waals surface area (Å²) in [4.78, 5) is 0. The molecule has 0 bridgehead atoms. The van der Waals surface area contributed by atoms with Crippen molar-refractivity contribution < 1.29 is 40.2 Å². The number of hydrogen-bond donors (Lipinski definition) is 0. The predicted molar refractivity (Wildman–Crippen MR) is 52.3 cm³/mol. The van der Waals surface area contributed by atoms with Crippen LogP contribution in [0.3, 0.4) is 0 Å². The van der Waals surface area contributed by atoms with Gasteiger partial charge in [-0.05, 0) is 0 Å². The molecule has 1 atom stereocenters. The molecule has 2 saturated heterocycles. The second-order valence-corrected chi connectivity index (χ2v) is 8.57. The van der Waals surface area contributed by atoms with Gasteiger partial charge in [0, 0.05) is 0 Å². The van der Waals surface area contributed by atoms with E-state index in [4.69, 9.17) is 18.9 Å². The van der Waals surface area contributed by atoms with Crippen molar-refractivity contribution in [1.29, 1.82) is 0 Å². The van der Waals surface area contributed by atoms with Crippen LogP contribution in [0.5, 0.6) is 0 Å². The molecule has 0 aromatic carbocycles. The van der Waals surface area contributed by atoms with E-state index in [1.54, 1.807) is 0 Å². The summed E-state index contributed by atoms with van der Waals surface area (Å²) in [6.45, 7) is 4.20. The van der Waals surface area contributed by atoms with E-state index in [0.29, 0.717) is 0 Å². The van der Waals surface area contributed by atoms with Crippen LogP contribution >= 0.6 is 0 Å². The molecular formula is C11H18IO4-. The third-order valence-electron chi connectivity index (χ3n) is 3.31. The van der Waals surface area contributed by atoms with E-state index >= 15 is 0 Å². The monoisotopic (exact) mass is 341 g/mol. The first-order chi connectivity index (χ1) is 7.70. The SMILES string of the molecule is CC1([I-]C2COC3(CCCC3)O2)OCCO1. The van der Waals surface area contributed by atoms with E-state index in [0.717, 1.165) is 32.7 Å². The van der Waals surface area contributed by atoms with Crippen LogP contribution in [0.25, 0.3) is 0 Å². The Kier molecular flexibility index (Phi) is 3.17. The summed E-state index contributed by atoms with van der Waals surface area (Å²) >= 11 is -0.302. The summed E-state index contributed by atoms with van der Waals surface area (Å²) in [7, 11) is 0. The number of ether oxygens (including phenoxy) is 4.